The summed E-state index contributed by atoms with van der Waals surface area (Å²) in [4.78, 5) is 2.96. The molecule has 0 saturated heterocycles. The zero-order valence-corrected chi connectivity index (χ0v) is 15.8. The van der Waals surface area contributed by atoms with Gasteiger partial charge in [0, 0.05) is 29.4 Å². The third-order valence-corrected chi connectivity index (χ3v) is 7.90. The number of fused-ring (bicyclic) bond motifs is 3. The van der Waals surface area contributed by atoms with Gasteiger partial charge in [-0.2, -0.15) is 4.31 Å². The Labute approximate surface area is 152 Å². The van der Waals surface area contributed by atoms with Crippen LogP contribution < -0.4 is 0 Å². The lowest BCUT2D eigenvalue weighted by molar-refractivity contribution is 0.387. The fourth-order valence-electron chi connectivity index (χ4n) is 3.48. The number of aromatic amines is 1. The molecule has 1 N–H and O–H groups in total. The van der Waals surface area contributed by atoms with E-state index in [1.54, 1.807) is 6.07 Å². The van der Waals surface area contributed by atoms with Crippen LogP contribution in [0, 0.1) is 0 Å². The van der Waals surface area contributed by atoms with Gasteiger partial charge in [-0.05, 0) is 30.2 Å². The van der Waals surface area contributed by atoms with Gasteiger partial charge in [0.2, 0.25) is 10.0 Å². The van der Waals surface area contributed by atoms with Gasteiger partial charge in [-0.15, -0.1) is 0 Å². The normalized spacial score (nSPS) is 15.9. The molecule has 0 bridgehead atoms. The van der Waals surface area contributed by atoms with Crippen molar-refractivity contribution in [3.63, 3.8) is 0 Å². The monoisotopic (exact) mass is 390 g/mol. The third kappa shape index (κ3) is 2.74. The van der Waals surface area contributed by atoms with Crippen molar-refractivity contribution >= 4 is 30.8 Å². The number of rotatable bonds is 3. The Hall–Kier alpha value is -2.16. The average Bonchev–Trinajstić information content (AvgIpc) is 2.99. The molecule has 0 unspecified atom stereocenters. The number of hydrogen-bond acceptors (Lipinski definition) is 4. The van der Waals surface area contributed by atoms with E-state index < -0.39 is 19.9 Å². The number of para-hydroxylation sites is 1. The molecular weight excluding hydrogens is 372 g/mol. The Morgan fingerprint density at radius 1 is 0.923 bits per heavy atom. The van der Waals surface area contributed by atoms with Gasteiger partial charge in [0.05, 0.1) is 11.4 Å². The summed E-state index contributed by atoms with van der Waals surface area (Å²) < 4.78 is 51.6. The van der Waals surface area contributed by atoms with E-state index in [1.807, 2.05) is 24.3 Å². The second-order valence-electron chi connectivity index (χ2n) is 6.44. The molecule has 26 heavy (non-hydrogen) atoms. The zero-order chi connectivity index (χ0) is 18.5. The molecule has 2 aromatic carbocycles. The minimum Gasteiger partial charge on any atom is -0.357 e. The number of nitrogens with zero attached hydrogens (tertiary/aromatic N) is 1. The van der Waals surface area contributed by atoms with E-state index in [2.05, 4.69) is 4.98 Å². The highest BCUT2D eigenvalue weighted by atomic mass is 32.2. The third-order valence-electron chi connectivity index (χ3n) is 4.71. The zero-order valence-electron chi connectivity index (χ0n) is 14.1. The van der Waals surface area contributed by atoms with Crippen LogP contribution in [0.1, 0.15) is 11.3 Å². The van der Waals surface area contributed by atoms with Crippen LogP contribution in [0.25, 0.3) is 10.9 Å². The van der Waals surface area contributed by atoms with Crippen LogP contribution in [0.15, 0.2) is 58.3 Å². The molecule has 0 radical (unpaired) electrons. The second kappa shape index (κ2) is 5.94. The first-order chi connectivity index (χ1) is 12.3. The lowest BCUT2D eigenvalue weighted by atomic mass is 10.1. The maximum atomic E-state index is 13.1. The summed E-state index contributed by atoms with van der Waals surface area (Å²) in [6.45, 7) is 0.514. The van der Waals surface area contributed by atoms with Crippen LogP contribution in [0.3, 0.4) is 0 Å². The fraction of sp³-hybridized carbons (Fsp3) is 0.222. The van der Waals surface area contributed by atoms with Crippen molar-refractivity contribution in [1.82, 2.24) is 9.29 Å². The van der Waals surface area contributed by atoms with E-state index in [0.29, 0.717) is 13.0 Å². The molecule has 0 atom stereocenters. The SMILES string of the molecule is CS(=O)(=O)c1ccccc1S(=O)(=O)N1CCc2c([nH]c3ccccc23)C1. The summed E-state index contributed by atoms with van der Waals surface area (Å²) in [6.07, 6.45) is 1.60. The topological polar surface area (TPSA) is 87.3 Å². The first-order valence-corrected chi connectivity index (χ1v) is 11.5. The van der Waals surface area contributed by atoms with Crippen LogP contribution in [0.2, 0.25) is 0 Å². The Morgan fingerprint density at radius 3 is 2.31 bits per heavy atom. The van der Waals surface area contributed by atoms with E-state index in [0.717, 1.165) is 28.4 Å². The molecule has 2 heterocycles. The molecule has 0 aliphatic carbocycles. The fourth-order valence-corrected chi connectivity index (χ4v) is 6.49. The lowest BCUT2D eigenvalue weighted by Crippen LogP contribution is -2.36. The van der Waals surface area contributed by atoms with E-state index in [4.69, 9.17) is 0 Å². The van der Waals surface area contributed by atoms with Gasteiger partial charge < -0.3 is 4.98 Å². The maximum Gasteiger partial charge on any atom is 0.244 e. The molecule has 6 nitrogen and oxygen atoms in total. The average molecular weight is 390 g/mol. The van der Waals surface area contributed by atoms with Crippen molar-refractivity contribution in [3.8, 4) is 0 Å². The number of sulfone groups is 1. The van der Waals surface area contributed by atoms with Crippen molar-refractivity contribution in [1.29, 1.82) is 0 Å². The minimum atomic E-state index is -3.92. The van der Waals surface area contributed by atoms with Gasteiger partial charge in [-0.25, -0.2) is 16.8 Å². The van der Waals surface area contributed by atoms with Crippen molar-refractivity contribution in [2.45, 2.75) is 22.8 Å². The number of nitrogens with one attached hydrogen (secondary N) is 1. The molecule has 4 rings (SSSR count). The van der Waals surface area contributed by atoms with Crippen molar-refractivity contribution < 1.29 is 16.8 Å². The van der Waals surface area contributed by atoms with E-state index in [-0.39, 0.29) is 16.3 Å². The highest BCUT2D eigenvalue weighted by Crippen LogP contribution is 2.31. The highest BCUT2D eigenvalue weighted by molar-refractivity contribution is 7.93. The van der Waals surface area contributed by atoms with Gasteiger partial charge in [0.25, 0.3) is 0 Å². The Morgan fingerprint density at radius 2 is 1.58 bits per heavy atom. The first-order valence-electron chi connectivity index (χ1n) is 8.16. The predicted molar refractivity (Wildman–Crippen MR) is 99.2 cm³/mol. The molecule has 0 fully saturated rings. The van der Waals surface area contributed by atoms with Crippen molar-refractivity contribution in [2.75, 3.05) is 12.8 Å². The molecule has 0 saturated carbocycles. The largest absolute Gasteiger partial charge is 0.357 e. The standard InChI is InChI=1S/C18H18N2O4S2/c1-25(21,22)17-8-4-5-9-18(17)26(23,24)20-11-10-14-13-6-2-3-7-15(13)19-16(14)12-20/h2-9,19H,10-12H2,1H3. The first kappa shape index (κ1) is 17.3. The lowest BCUT2D eigenvalue weighted by Gasteiger charge is -2.27. The Bertz CT molecular complexity index is 1210. The van der Waals surface area contributed by atoms with E-state index >= 15 is 0 Å². The van der Waals surface area contributed by atoms with Crippen LogP contribution in [0.5, 0.6) is 0 Å². The summed E-state index contributed by atoms with van der Waals surface area (Å²) in [5.41, 5.74) is 2.97. The summed E-state index contributed by atoms with van der Waals surface area (Å²) >= 11 is 0. The number of aromatic nitrogens is 1. The minimum absolute atomic E-state index is 0.164. The predicted octanol–water partition coefficient (Wildman–Crippen LogP) is 2.32. The highest BCUT2D eigenvalue weighted by Gasteiger charge is 2.33. The van der Waals surface area contributed by atoms with Crippen LogP contribution >= 0.6 is 0 Å². The van der Waals surface area contributed by atoms with Crippen LogP contribution in [-0.2, 0) is 32.8 Å². The number of sulfonamides is 1. The quantitative estimate of drug-likeness (QED) is 0.743. The van der Waals surface area contributed by atoms with Gasteiger partial charge >= 0.3 is 0 Å². The smallest absolute Gasteiger partial charge is 0.244 e. The molecule has 1 aliphatic rings. The van der Waals surface area contributed by atoms with Crippen molar-refractivity contribution in [3.05, 3.63) is 59.8 Å². The molecule has 136 valence electrons. The second-order valence-corrected chi connectivity index (χ2v) is 10.3. The van der Waals surface area contributed by atoms with Gasteiger partial charge in [0.15, 0.2) is 9.84 Å². The summed E-state index contributed by atoms with van der Waals surface area (Å²) in [6, 6.07) is 13.6. The molecule has 3 aromatic rings. The van der Waals surface area contributed by atoms with Gasteiger partial charge in [0.1, 0.15) is 4.90 Å². The molecule has 1 aliphatic heterocycles. The van der Waals surface area contributed by atoms with Crippen LogP contribution in [-0.4, -0.2) is 38.9 Å². The molecule has 0 amide bonds. The van der Waals surface area contributed by atoms with Gasteiger partial charge in [-0.1, -0.05) is 30.3 Å². The molecular formula is C18H18N2O4S2. The van der Waals surface area contributed by atoms with E-state index in [9.17, 15) is 16.8 Å². The van der Waals surface area contributed by atoms with Crippen LogP contribution in [0.4, 0.5) is 0 Å². The Balaban J connectivity index is 1.77. The Kier molecular flexibility index (Phi) is 3.94. The summed E-state index contributed by atoms with van der Waals surface area (Å²) in [5.74, 6) is 0. The molecule has 1 aromatic heterocycles. The summed E-state index contributed by atoms with van der Waals surface area (Å²) in [7, 11) is -7.57. The molecule has 0 spiro atoms. The number of benzene rings is 2. The van der Waals surface area contributed by atoms with Crippen molar-refractivity contribution in [2.24, 2.45) is 0 Å². The van der Waals surface area contributed by atoms with E-state index in [1.165, 1.54) is 22.5 Å². The number of H-pyrrole nitrogens is 1. The molecule has 8 heteroatoms. The summed E-state index contributed by atoms with van der Waals surface area (Å²) in [5, 5.41) is 1.11. The number of hydrogen-bond donors (Lipinski definition) is 1. The van der Waals surface area contributed by atoms with Gasteiger partial charge in [-0.3, -0.25) is 0 Å². The maximum absolute atomic E-state index is 13.1.